The van der Waals surface area contributed by atoms with Gasteiger partial charge < -0.3 is 20.1 Å². The lowest BCUT2D eigenvalue weighted by Gasteiger charge is -2.07. The van der Waals surface area contributed by atoms with E-state index in [-0.39, 0.29) is 0 Å². The maximum absolute atomic E-state index is 8.90. The second-order valence-corrected chi connectivity index (χ2v) is 2.21. The van der Waals surface area contributed by atoms with Crippen molar-refractivity contribution in [2.24, 2.45) is 0 Å². The van der Waals surface area contributed by atoms with Crippen LogP contribution in [0, 0.1) is 0 Å². The SMILES string of the molecule is C[C@H]1O[C@@H](O)C(O)[C@H]1O. The fraction of sp³-hybridized carbons (Fsp3) is 1.00. The molecule has 54 valence electrons. The van der Waals surface area contributed by atoms with Crippen molar-refractivity contribution in [2.45, 2.75) is 31.5 Å². The van der Waals surface area contributed by atoms with Gasteiger partial charge in [0.15, 0.2) is 6.29 Å². The molecule has 0 spiro atoms. The van der Waals surface area contributed by atoms with Crippen LogP contribution in [-0.2, 0) is 4.74 Å². The van der Waals surface area contributed by atoms with Crippen molar-refractivity contribution in [1.29, 1.82) is 0 Å². The summed E-state index contributed by atoms with van der Waals surface area (Å²) in [6.45, 7) is 1.59. The summed E-state index contributed by atoms with van der Waals surface area (Å²) in [5, 5.41) is 26.4. The molecule has 3 N–H and O–H groups in total. The Hall–Kier alpha value is -0.160. The Kier molecular flexibility index (Phi) is 1.72. The second-order valence-electron chi connectivity index (χ2n) is 2.21. The molecule has 9 heavy (non-hydrogen) atoms. The molecule has 4 heteroatoms. The van der Waals surface area contributed by atoms with Gasteiger partial charge in [0.25, 0.3) is 0 Å². The third kappa shape index (κ3) is 1.07. The summed E-state index contributed by atoms with van der Waals surface area (Å²) in [7, 11) is 0. The minimum Gasteiger partial charge on any atom is -0.388 e. The predicted octanol–water partition coefficient (Wildman–Crippen LogP) is -1.55. The van der Waals surface area contributed by atoms with E-state index in [9.17, 15) is 0 Å². The topological polar surface area (TPSA) is 69.9 Å². The van der Waals surface area contributed by atoms with Gasteiger partial charge in [-0.05, 0) is 6.92 Å². The van der Waals surface area contributed by atoms with Gasteiger partial charge in [0, 0.05) is 0 Å². The van der Waals surface area contributed by atoms with Gasteiger partial charge in [-0.15, -0.1) is 0 Å². The Bertz CT molecular complexity index is 93.1. The van der Waals surface area contributed by atoms with Crippen LogP contribution in [0.5, 0.6) is 0 Å². The zero-order valence-electron chi connectivity index (χ0n) is 5.06. The zero-order chi connectivity index (χ0) is 7.02. The molecule has 1 aliphatic rings. The van der Waals surface area contributed by atoms with Gasteiger partial charge >= 0.3 is 0 Å². The van der Waals surface area contributed by atoms with Gasteiger partial charge in [-0.3, -0.25) is 0 Å². The highest BCUT2D eigenvalue weighted by Gasteiger charge is 2.38. The lowest BCUT2D eigenvalue weighted by molar-refractivity contribution is -0.124. The number of hydrogen-bond acceptors (Lipinski definition) is 4. The highest BCUT2D eigenvalue weighted by molar-refractivity contribution is 4.82. The molecular weight excluding hydrogens is 124 g/mol. The minimum atomic E-state index is -1.23. The van der Waals surface area contributed by atoms with E-state index in [4.69, 9.17) is 15.3 Å². The molecule has 1 heterocycles. The van der Waals surface area contributed by atoms with Crippen molar-refractivity contribution in [2.75, 3.05) is 0 Å². The average Bonchev–Trinajstić information content (AvgIpc) is 1.98. The molecule has 4 nitrogen and oxygen atoms in total. The Morgan fingerprint density at radius 3 is 1.78 bits per heavy atom. The quantitative estimate of drug-likeness (QED) is 0.375. The Morgan fingerprint density at radius 2 is 1.67 bits per heavy atom. The highest BCUT2D eigenvalue weighted by Crippen LogP contribution is 2.18. The molecule has 4 atom stereocenters. The first-order chi connectivity index (χ1) is 4.13. The number of aliphatic hydroxyl groups excluding tert-OH is 3. The summed E-state index contributed by atoms with van der Waals surface area (Å²) in [6, 6.07) is 0. The van der Waals surface area contributed by atoms with Crippen LogP contribution >= 0.6 is 0 Å². The van der Waals surface area contributed by atoms with Crippen LogP contribution in [0.15, 0.2) is 0 Å². The number of aliphatic hydroxyl groups is 3. The second kappa shape index (κ2) is 2.22. The lowest BCUT2D eigenvalue weighted by atomic mass is 10.2. The Labute approximate surface area is 52.7 Å². The maximum atomic E-state index is 8.90. The maximum Gasteiger partial charge on any atom is 0.183 e. The van der Waals surface area contributed by atoms with Crippen LogP contribution in [0.25, 0.3) is 0 Å². The van der Waals surface area contributed by atoms with Crippen LogP contribution in [0.1, 0.15) is 6.92 Å². The zero-order valence-corrected chi connectivity index (χ0v) is 5.06. The Balaban J connectivity index is 2.54. The minimum absolute atomic E-state index is 0.477. The third-order valence-corrected chi connectivity index (χ3v) is 1.48. The van der Waals surface area contributed by atoms with Crippen LogP contribution in [-0.4, -0.2) is 39.9 Å². The molecule has 1 aliphatic heterocycles. The number of hydrogen-bond donors (Lipinski definition) is 3. The van der Waals surface area contributed by atoms with Gasteiger partial charge in [0.2, 0.25) is 0 Å². The van der Waals surface area contributed by atoms with E-state index in [1.165, 1.54) is 0 Å². The molecule has 1 saturated heterocycles. The third-order valence-electron chi connectivity index (χ3n) is 1.48. The molecule has 0 amide bonds. The standard InChI is InChI=1S/C5H10O4/c1-2-3(6)4(7)5(8)9-2/h2-8H,1H3/t2-,3+,4?,5-/m1/s1. The number of ether oxygens (including phenoxy) is 1. The first-order valence-electron chi connectivity index (χ1n) is 2.82. The summed E-state index contributed by atoms with van der Waals surface area (Å²) in [5.74, 6) is 0. The molecule has 0 bridgehead atoms. The van der Waals surface area contributed by atoms with Crippen molar-refractivity contribution < 1.29 is 20.1 Å². The molecule has 0 aliphatic carbocycles. The molecule has 0 aromatic heterocycles. The summed E-state index contributed by atoms with van der Waals surface area (Å²) in [4.78, 5) is 0. The van der Waals surface area contributed by atoms with Crippen molar-refractivity contribution >= 4 is 0 Å². The van der Waals surface area contributed by atoms with Crippen LogP contribution < -0.4 is 0 Å². The monoisotopic (exact) mass is 134 g/mol. The normalized spacial score (nSPS) is 52.0. The molecular formula is C5H10O4. The fourth-order valence-electron chi connectivity index (χ4n) is 0.827. The highest BCUT2D eigenvalue weighted by atomic mass is 16.6. The van der Waals surface area contributed by atoms with E-state index in [1.807, 2.05) is 0 Å². The van der Waals surface area contributed by atoms with Crippen LogP contribution in [0.2, 0.25) is 0 Å². The fourth-order valence-corrected chi connectivity index (χ4v) is 0.827. The smallest absolute Gasteiger partial charge is 0.183 e. The van der Waals surface area contributed by atoms with Crippen molar-refractivity contribution in [1.82, 2.24) is 0 Å². The van der Waals surface area contributed by atoms with Crippen LogP contribution in [0.3, 0.4) is 0 Å². The van der Waals surface area contributed by atoms with E-state index < -0.39 is 24.6 Å². The molecule has 0 saturated carbocycles. The first-order valence-corrected chi connectivity index (χ1v) is 2.82. The van der Waals surface area contributed by atoms with Gasteiger partial charge in [-0.25, -0.2) is 0 Å². The molecule has 0 aromatic rings. The molecule has 0 aromatic carbocycles. The van der Waals surface area contributed by atoms with Crippen LogP contribution in [0.4, 0.5) is 0 Å². The van der Waals surface area contributed by atoms with Gasteiger partial charge in [0.1, 0.15) is 12.2 Å². The summed E-state index contributed by atoms with van der Waals surface area (Å²) in [5.41, 5.74) is 0. The lowest BCUT2D eigenvalue weighted by Crippen LogP contribution is -2.31. The summed E-state index contributed by atoms with van der Waals surface area (Å²) in [6.07, 6.45) is -3.81. The van der Waals surface area contributed by atoms with Crippen molar-refractivity contribution in [3.63, 3.8) is 0 Å². The van der Waals surface area contributed by atoms with E-state index in [0.717, 1.165) is 0 Å². The van der Waals surface area contributed by atoms with Gasteiger partial charge in [0.05, 0.1) is 6.10 Å². The number of rotatable bonds is 0. The van der Waals surface area contributed by atoms with E-state index >= 15 is 0 Å². The van der Waals surface area contributed by atoms with Crippen molar-refractivity contribution in [3.8, 4) is 0 Å². The first kappa shape index (κ1) is 6.95. The van der Waals surface area contributed by atoms with E-state index in [1.54, 1.807) is 6.92 Å². The molecule has 1 rings (SSSR count). The van der Waals surface area contributed by atoms with E-state index in [0.29, 0.717) is 0 Å². The molecule has 1 unspecified atom stereocenters. The predicted molar refractivity (Wildman–Crippen MR) is 28.6 cm³/mol. The van der Waals surface area contributed by atoms with E-state index in [2.05, 4.69) is 4.74 Å². The summed E-state index contributed by atoms with van der Waals surface area (Å²) >= 11 is 0. The van der Waals surface area contributed by atoms with Gasteiger partial charge in [-0.1, -0.05) is 0 Å². The average molecular weight is 134 g/mol. The van der Waals surface area contributed by atoms with Gasteiger partial charge in [-0.2, -0.15) is 0 Å². The molecule has 0 radical (unpaired) electrons. The van der Waals surface area contributed by atoms with Crippen molar-refractivity contribution in [3.05, 3.63) is 0 Å². The molecule has 1 fully saturated rings. The summed E-state index contributed by atoms with van der Waals surface area (Å²) < 4.78 is 4.64. The Morgan fingerprint density at radius 1 is 1.11 bits per heavy atom. The largest absolute Gasteiger partial charge is 0.388 e.